The van der Waals surface area contributed by atoms with Crippen LogP contribution in [0.15, 0.2) is 27.4 Å². The summed E-state index contributed by atoms with van der Waals surface area (Å²) in [5, 5.41) is 0.0135. The third kappa shape index (κ3) is 2.53. The molecule has 1 aromatic carbocycles. The Morgan fingerprint density at radius 3 is 2.62 bits per heavy atom. The van der Waals surface area contributed by atoms with E-state index in [1.807, 2.05) is 0 Å². The number of hydrogen-bond acceptors (Lipinski definition) is 4. The Kier molecular flexibility index (Phi) is 3.80. The molecule has 0 bridgehead atoms. The predicted molar refractivity (Wildman–Crippen MR) is 72.5 cm³/mol. The number of benzene rings is 1. The summed E-state index contributed by atoms with van der Waals surface area (Å²) in [7, 11) is 0. The van der Waals surface area contributed by atoms with E-state index in [4.69, 9.17) is 4.42 Å². The van der Waals surface area contributed by atoms with E-state index in [1.165, 1.54) is 26.0 Å². The third-order valence-corrected chi connectivity index (χ3v) is 3.07. The number of rotatable bonds is 3. The van der Waals surface area contributed by atoms with Crippen molar-refractivity contribution in [1.82, 2.24) is 0 Å². The molecule has 0 aliphatic carbocycles. The molecule has 0 saturated heterocycles. The summed E-state index contributed by atoms with van der Waals surface area (Å²) in [5.74, 6) is -6.10. The number of alkyl halides is 2. The van der Waals surface area contributed by atoms with Crippen molar-refractivity contribution >= 4 is 16.9 Å². The topological polar surface area (TPSA) is 56.5 Å². The predicted octanol–water partition coefficient (Wildman–Crippen LogP) is 3.06. The molecule has 0 atom stereocenters. The highest BCUT2D eigenvalue weighted by Gasteiger charge is 2.47. The van der Waals surface area contributed by atoms with E-state index in [0.717, 1.165) is 5.56 Å². The number of ether oxygens (including phenoxy) is 1. The van der Waals surface area contributed by atoms with E-state index in [0.29, 0.717) is 0 Å². The maximum atomic E-state index is 14.2. The lowest BCUT2D eigenvalue weighted by Gasteiger charge is -2.16. The summed E-state index contributed by atoms with van der Waals surface area (Å²) in [6.07, 6.45) is 0. The van der Waals surface area contributed by atoms with Crippen LogP contribution in [-0.2, 0) is 15.5 Å². The Bertz CT molecular complexity index is 762. The molecule has 0 saturated carbocycles. The van der Waals surface area contributed by atoms with Crippen LogP contribution in [0.1, 0.15) is 23.8 Å². The highest BCUT2D eigenvalue weighted by molar-refractivity contribution is 5.83. The molecule has 0 radical (unpaired) electrons. The largest absolute Gasteiger partial charge is 0.461 e. The number of aryl methyl sites for hydroxylation is 2. The lowest BCUT2D eigenvalue weighted by molar-refractivity contribution is -0.173. The summed E-state index contributed by atoms with van der Waals surface area (Å²) >= 11 is 0. The van der Waals surface area contributed by atoms with Gasteiger partial charge in [-0.25, -0.2) is 4.79 Å². The SMILES string of the molecule is CCOC(=O)C(F)(F)c1c(C)oc2ccc(C)cc2c1=O. The lowest BCUT2D eigenvalue weighted by atomic mass is 10.0. The van der Waals surface area contributed by atoms with Crippen molar-refractivity contribution < 1.29 is 22.7 Å². The molecule has 0 aliphatic rings. The van der Waals surface area contributed by atoms with Gasteiger partial charge < -0.3 is 9.15 Å². The molecule has 21 heavy (non-hydrogen) atoms. The first-order valence-corrected chi connectivity index (χ1v) is 6.38. The Balaban J connectivity index is 2.75. The van der Waals surface area contributed by atoms with E-state index in [9.17, 15) is 18.4 Å². The van der Waals surface area contributed by atoms with E-state index in [1.54, 1.807) is 13.0 Å². The first-order chi connectivity index (χ1) is 9.78. The number of carbonyl (C=O) groups is 1. The Labute approximate surface area is 119 Å². The second kappa shape index (κ2) is 5.27. The van der Waals surface area contributed by atoms with Crippen LogP contribution in [0.2, 0.25) is 0 Å². The molecule has 4 nitrogen and oxygen atoms in total. The maximum absolute atomic E-state index is 14.2. The van der Waals surface area contributed by atoms with Gasteiger partial charge in [0.25, 0.3) is 0 Å². The molecule has 1 heterocycles. The van der Waals surface area contributed by atoms with Gasteiger partial charge in [-0.15, -0.1) is 0 Å². The van der Waals surface area contributed by atoms with Crippen LogP contribution < -0.4 is 5.43 Å². The van der Waals surface area contributed by atoms with E-state index in [2.05, 4.69) is 4.74 Å². The molecule has 2 rings (SSSR count). The fourth-order valence-corrected chi connectivity index (χ4v) is 2.11. The molecular weight excluding hydrogens is 282 g/mol. The van der Waals surface area contributed by atoms with E-state index in [-0.39, 0.29) is 23.3 Å². The van der Waals surface area contributed by atoms with E-state index < -0.39 is 22.9 Å². The average Bonchev–Trinajstić information content (AvgIpc) is 2.40. The number of halogens is 2. The Morgan fingerprint density at radius 2 is 2.00 bits per heavy atom. The molecule has 1 aromatic heterocycles. The first kappa shape index (κ1) is 15.2. The first-order valence-electron chi connectivity index (χ1n) is 6.38. The molecule has 0 N–H and O–H groups in total. The Morgan fingerprint density at radius 1 is 1.33 bits per heavy atom. The van der Waals surface area contributed by atoms with Crippen LogP contribution in [0, 0.1) is 13.8 Å². The van der Waals surface area contributed by atoms with Crippen molar-refractivity contribution in [1.29, 1.82) is 0 Å². The second-order valence-corrected chi connectivity index (χ2v) is 4.66. The average molecular weight is 296 g/mol. The smallest absolute Gasteiger partial charge is 0.382 e. The van der Waals surface area contributed by atoms with Gasteiger partial charge >= 0.3 is 11.9 Å². The maximum Gasteiger partial charge on any atom is 0.382 e. The molecule has 2 aromatic rings. The monoisotopic (exact) mass is 296 g/mol. The minimum Gasteiger partial charge on any atom is -0.461 e. The molecule has 0 fully saturated rings. The fourth-order valence-electron chi connectivity index (χ4n) is 2.11. The van der Waals surface area contributed by atoms with Gasteiger partial charge in [0.1, 0.15) is 16.9 Å². The minimum absolute atomic E-state index is 0.0135. The summed E-state index contributed by atoms with van der Waals surface area (Å²) < 4.78 is 37.9. The summed E-state index contributed by atoms with van der Waals surface area (Å²) in [5.41, 5.74) is -0.967. The van der Waals surface area contributed by atoms with Crippen molar-refractivity contribution in [2.75, 3.05) is 6.61 Å². The standard InChI is InChI=1S/C15H14F2O4/c1-4-20-14(19)15(16,17)12-9(3)21-11-6-5-8(2)7-10(11)13(12)18/h5-7H,4H2,1-3H3. The molecule has 6 heteroatoms. The molecule has 0 spiro atoms. The highest BCUT2D eigenvalue weighted by atomic mass is 19.3. The number of fused-ring (bicyclic) bond motifs is 1. The van der Waals surface area contributed by atoms with Crippen LogP contribution >= 0.6 is 0 Å². The number of hydrogen-bond donors (Lipinski definition) is 0. The molecular formula is C15H14F2O4. The van der Waals surface area contributed by atoms with Gasteiger partial charge in [0.05, 0.1) is 12.0 Å². The zero-order valence-corrected chi connectivity index (χ0v) is 11.8. The zero-order chi connectivity index (χ0) is 15.8. The molecule has 112 valence electrons. The third-order valence-electron chi connectivity index (χ3n) is 3.07. The quantitative estimate of drug-likeness (QED) is 0.817. The molecule has 0 unspecified atom stereocenters. The van der Waals surface area contributed by atoms with Crippen molar-refractivity contribution in [3.63, 3.8) is 0 Å². The molecule has 0 aliphatic heterocycles. The van der Waals surface area contributed by atoms with Crippen LogP contribution in [0.25, 0.3) is 11.0 Å². The lowest BCUT2D eigenvalue weighted by Crippen LogP contribution is -2.34. The van der Waals surface area contributed by atoms with Gasteiger partial charge in [-0.1, -0.05) is 11.6 Å². The summed E-state index contributed by atoms with van der Waals surface area (Å²) in [6.45, 7) is 4.16. The number of esters is 1. The fraction of sp³-hybridized carbons (Fsp3) is 0.333. The van der Waals surface area contributed by atoms with Crippen LogP contribution in [0.4, 0.5) is 8.78 Å². The van der Waals surface area contributed by atoms with Gasteiger partial charge in [-0.2, -0.15) is 8.78 Å². The van der Waals surface area contributed by atoms with Crippen LogP contribution in [0.5, 0.6) is 0 Å². The zero-order valence-electron chi connectivity index (χ0n) is 11.8. The summed E-state index contributed by atoms with van der Waals surface area (Å²) in [6, 6.07) is 4.69. The number of carbonyl (C=O) groups excluding carboxylic acids is 1. The highest BCUT2D eigenvalue weighted by Crippen LogP contribution is 2.31. The van der Waals surface area contributed by atoms with Gasteiger partial charge in [0.2, 0.25) is 5.43 Å². The normalized spacial score (nSPS) is 11.7. The van der Waals surface area contributed by atoms with Crippen LogP contribution in [-0.4, -0.2) is 12.6 Å². The van der Waals surface area contributed by atoms with Gasteiger partial charge in [0, 0.05) is 0 Å². The second-order valence-electron chi connectivity index (χ2n) is 4.66. The van der Waals surface area contributed by atoms with Gasteiger partial charge in [0.15, 0.2) is 0 Å². The van der Waals surface area contributed by atoms with Gasteiger partial charge in [-0.3, -0.25) is 4.79 Å². The van der Waals surface area contributed by atoms with Crippen molar-refractivity contribution in [3.8, 4) is 0 Å². The van der Waals surface area contributed by atoms with Crippen LogP contribution in [0.3, 0.4) is 0 Å². The van der Waals surface area contributed by atoms with Crippen molar-refractivity contribution in [2.24, 2.45) is 0 Å². The Hall–Kier alpha value is -2.24. The van der Waals surface area contributed by atoms with E-state index >= 15 is 0 Å². The van der Waals surface area contributed by atoms with Crippen molar-refractivity contribution in [3.05, 3.63) is 45.3 Å². The minimum atomic E-state index is -4.04. The summed E-state index contributed by atoms with van der Waals surface area (Å²) in [4.78, 5) is 23.7. The van der Waals surface area contributed by atoms with Crippen molar-refractivity contribution in [2.45, 2.75) is 26.7 Å². The molecule has 0 amide bonds. The van der Waals surface area contributed by atoms with Gasteiger partial charge in [-0.05, 0) is 32.9 Å².